The van der Waals surface area contributed by atoms with Gasteiger partial charge in [0.2, 0.25) is 0 Å². The molecule has 6 nitrogen and oxygen atoms in total. The second kappa shape index (κ2) is 4.99. The second-order valence-electron chi connectivity index (χ2n) is 4.42. The number of carboxylic acids is 1. The molecule has 0 aromatic carbocycles. The summed E-state index contributed by atoms with van der Waals surface area (Å²) >= 11 is 0. The van der Waals surface area contributed by atoms with Gasteiger partial charge in [0, 0.05) is 12.0 Å². The van der Waals surface area contributed by atoms with Gasteiger partial charge in [0.15, 0.2) is 0 Å². The van der Waals surface area contributed by atoms with Crippen LogP contribution < -0.4 is 5.32 Å². The summed E-state index contributed by atoms with van der Waals surface area (Å²) in [5, 5.41) is 14.9. The summed E-state index contributed by atoms with van der Waals surface area (Å²) in [5.74, 6) is -0.834. The van der Waals surface area contributed by atoms with Gasteiger partial charge in [0.1, 0.15) is 11.3 Å². The van der Waals surface area contributed by atoms with Crippen LogP contribution >= 0.6 is 0 Å². The molecule has 0 radical (unpaired) electrons. The fourth-order valence-corrected chi connectivity index (χ4v) is 1.50. The Balaban J connectivity index is 2.75. The number of nitrogens with zero attached hydrogens (tertiary/aromatic N) is 1. The first-order chi connectivity index (χ1) is 7.85. The van der Waals surface area contributed by atoms with E-state index >= 15 is 0 Å². The maximum Gasteiger partial charge on any atom is 0.305 e. The molecule has 0 fully saturated rings. The Morgan fingerprint density at radius 1 is 1.53 bits per heavy atom. The molecule has 94 valence electrons. The number of aliphatic carboxylic acids is 1. The zero-order valence-corrected chi connectivity index (χ0v) is 10.1. The molecule has 0 aliphatic heterocycles. The zero-order valence-electron chi connectivity index (χ0n) is 10.1. The van der Waals surface area contributed by atoms with Crippen molar-refractivity contribution >= 4 is 11.9 Å². The van der Waals surface area contributed by atoms with Crippen molar-refractivity contribution in [2.45, 2.75) is 39.2 Å². The maximum absolute atomic E-state index is 11.9. The number of aromatic nitrogens is 1. The van der Waals surface area contributed by atoms with Crippen LogP contribution in [0.1, 0.15) is 43.3 Å². The Morgan fingerprint density at radius 3 is 2.71 bits per heavy atom. The molecule has 0 saturated carbocycles. The van der Waals surface area contributed by atoms with E-state index in [2.05, 4.69) is 10.5 Å². The fourth-order valence-electron chi connectivity index (χ4n) is 1.50. The zero-order chi connectivity index (χ0) is 13.1. The van der Waals surface area contributed by atoms with Gasteiger partial charge < -0.3 is 14.9 Å². The van der Waals surface area contributed by atoms with Crippen LogP contribution in [0, 0.1) is 0 Å². The van der Waals surface area contributed by atoms with Crippen molar-refractivity contribution in [2.75, 3.05) is 0 Å². The minimum absolute atomic E-state index is 0.147. The van der Waals surface area contributed by atoms with E-state index in [1.807, 2.05) is 6.92 Å². The van der Waals surface area contributed by atoms with Gasteiger partial charge in [-0.25, -0.2) is 0 Å². The third-order valence-corrected chi connectivity index (χ3v) is 2.26. The normalized spacial score (nSPS) is 11.2. The summed E-state index contributed by atoms with van der Waals surface area (Å²) in [4.78, 5) is 22.5. The minimum atomic E-state index is -0.962. The van der Waals surface area contributed by atoms with Gasteiger partial charge in [0.05, 0.1) is 12.6 Å². The molecule has 17 heavy (non-hydrogen) atoms. The lowest BCUT2D eigenvalue weighted by Gasteiger charge is -2.23. The van der Waals surface area contributed by atoms with Gasteiger partial charge >= 0.3 is 5.97 Å². The van der Waals surface area contributed by atoms with E-state index in [0.717, 1.165) is 0 Å². The maximum atomic E-state index is 11.9. The predicted octanol–water partition coefficient (Wildman–Crippen LogP) is 1.22. The number of carbonyl (C=O) groups excluding carboxylic acids is 1. The highest BCUT2D eigenvalue weighted by atomic mass is 16.5. The van der Waals surface area contributed by atoms with E-state index in [4.69, 9.17) is 9.63 Å². The van der Waals surface area contributed by atoms with E-state index in [-0.39, 0.29) is 12.3 Å². The predicted molar refractivity (Wildman–Crippen MR) is 59.7 cm³/mol. The van der Waals surface area contributed by atoms with E-state index < -0.39 is 11.5 Å². The molecular weight excluding hydrogens is 224 g/mol. The molecule has 6 heteroatoms. The first-order valence-corrected chi connectivity index (χ1v) is 5.33. The average molecular weight is 240 g/mol. The second-order valence-corrected chi connectivity index (χ2v) is 4.42. The third-order valence-electron chi connectivity index (χ3n) is 2.26. The molecule has 0 atom stereocenters. The quantitative estimate of drug-likeness (QED) is 0.807. The monoisotopic (exact) mass is 240 g/mol. The lowest BCUT2D eigenvalue weighted by molar-refractivity contribution is -0.138. The molecule has 0 aliphatic rings. The summed E-state index contributed by atoms with van der Waals surface area (Å²) in [6, 6.07) is 0. The van der Waals surface area contributed by atoms with Crippen LogP contribution in [-0.2, 0) is 11.2 Å². The van der Waals surface area contributed by atoms with Gasteiger partial charge in [-0.3, -0.25) is 9.59 Å². The lowest BCUT2D eigenvalue weighted by Crippen LogP contribution is -2.45. The van der Waals surface area contributed by atoms with Crippen LogP contribution in [0.5, 0.6) is 0 Å². The Labute approximate surface area is 99.0 Å². The molecule has 1 rings (SSSR count). The first-order valence-electron chi connectivity index (χ1n) is 5.33. The lowest BCUT2D eigenvalue weighted by atomic mass is 10.00. The number of nitrogens with one attached hydrogen (secondary N) is 1. The van der Waals surface area contributed by atoms with Gasteiger partial charge in [-0.2, -0.15) is 0 Å². The summed E-state index contributed by atoms with van der Waals surface area (Å²) < 4.78 is 4.90. The number of carboxylic acid groups (broad SMARTS) is 1. The average Bonchev–Trinajstić information content (AvgIpc) is 2.61. The Morgan fingerprint density at radius 2 is 2.18 bits per heavy atom. The molecule has 0 bridgehead atoms. The molecule has 0 spiro atoms. The van der Waals surface area contributed by atoms with Crippen LogP contribution in [-0.4, -0.2) is 27.7 Å². The molecular formula is C11H16N2O4. The highest BCUT2D eigenvalue weighted by Gasteiger charge is 2.26. The van der Waals surface area contributed by atoms with Crippen LogP contribution in [0.2, 0.25) is 0 Å². The minimum Gasteiger partial charge on any atom is -0.481 e. The van der Waals surface area contributed by atoms with Crippen molar-refractivity contribution in [2.24, 2.45) is 0 Å². The van der Waals surface area contributed by atoms with Crippen molar-refractivity contribution in [1.82, 2.24) is 10.5 Å². The molecule has 1 amide bonds. The van der Waals surface area contributed by atoms with Gasteiger partial charge in [0.25, 0.3) is 5.91 Å². The van der Waals surface area contributed by atoms with Gasteiger partial charge in [-0.1, -0.05) is 12.1 Å². The molecule has 0 unspecified atom stereocenters. The van der Waals surface area contributed by atoms with Gasteiger partial charge in [-0.15, -0.1) is 0 Å². The smallest absolute Gasteiger partial charge is 0.305 e. The van der Waals surface area contributed by atoms with Crippen LogP contribution in [0.4, 0.5) is 0 Å². The largest absolute Gasteiger partial charge is 0.481 e. The molecule has 0 aliphatic carbocycles. The molecule has 1 aromatic rings. The van der Waals surface area contributed by atoms with Crippen molar-refractivity contribution in [3.05, 3.63) is 17.5 Å². The van der Waals surface area contributed by atoms with Crippen LogP contribution in [0.25, 0.3) is 0 Å². The molecule has 2 N–H and O–H groups in total. The SMILES string of the molecule is CCc1oncc1C(=O)NC(C)(C)CC(=O)O. The van der Waals surface area contributed by atoms with Crippen molar-refractivity contribution in [3.8, 4) is 0 Å². The van der Waals surface area contributed by atoms with E-state index in [9.17, 15) is 9.59 Å². The van der Waals surface area contributed by atoms with Crippen molar-refractivity contribution < 1.29 is 19.2 Å². The third kappa shape index (κ3) is 3.58. The number of carbonyl (C=O) groups is 2. The Bertz CT molecular complexity index is 423. The number of hydrogen-bond donors (Lipinski definition) is 2. The van der Waals surface area contributed by atoms with E-state index in [0.29, 0.717) is 17.7 Å². The van der Waals surface area contributed by atoms with Crippen LogP contribution in [0.15, 0.2) is 10.7 Å². The van der Waals surface area contributed by atoms with E-state index in [1.165, 1.54) is 6.20 Å². The summed E-state index contributed by atoms with van der Waals surface area (Å²) in [6.45, 7) is 5.15. The van der Waals surface area contributed by atoms with Gasteiger partial charge in [-0.05, 0) is 13.8 Å². The first kappa shape index (κ1) is 13.2. The highest BCUT2D eigenvalue weighted by molar-refractivity contribution is 5.95. The topological polar surface area (TPSA) is 92.4 Å². The highest BCUT2D eigenvalue weighted by Crippen LogP contribution is 2.13. The fraction of sp³-hybridized carbons (Fsp3) is 0.545. The number of aryl methyl sites for hydroxylation is 1. The Hall–Kier alpha value is -1.85. The molecule has 0 saturated heterocycles. The summed E-state index contributed by atoms with van der Waals surface area (Å²) in [7, 11) is 0. The van der Waals surface area contributed by atoms with Crippen molar-refractivity contribution in [1.29, 1.82) is 0 Å². The Kier molecular flexibility index (Phi) is 3.88. The van der Waals surface area contributed by atoms with Crippen molar-refractivity contribution in [3.63, 3.8) is 0 Å². The summed E-state index contributed by atoms with van der Waals surface area (Å²) in [6.07, 6.45) is 1.75. The molecule has 1 aromatic heterocycles. The van der Waals surface area contributed by atoms with Crippen LogP contribution in [0.3, 0.4) is 0 Å². The summed E-state index contributed by atoms with van der Waals surface area (Å²) in [5.41, 5.74) is -0.462. The number of amides is 1. The number of hydrogen-bond acceptors (Lipinski definition) is 4. The van der Waals surface area contributed by atoms with E-state index in [1.54, 1.807) is 13.8 Å². The molecule has 1 heterocycles. The standard InChI is InChI=1S/C11H16N2O4/c1-4-8-7(6-12-17-8)10(16)13-11(2,3)5-9(14)15/h6H,4-5H2,1-3H3,(H,13,16)(H,14,15). The number of rotatable bonds is 5.